The first-order chi connectivity index (χ1) is 6.56. The predicted octanol–water partition coefficient (Wildman–Crippen LogP) is 2.47. The second kappa shape index (κ2) is 4.63. The van der Waals surface area contributed by atoms with Crippen LogP contribution in [0.5, 0.6) is 5.75 Å². The lowest BCUT2D eigenvalue weighted by Gasteiger charge is -2.09. The van der Waals surface area contributed by atoms with Crippen LogP contribution in [0.25, 0.3) is 0 Å². The molecule has 1 aromatic rings. The van der Waals surface area contributed by atoms with Crippen molar-refractivity contribution < 1.29 is 9.53 Å². The summed E-state index contributed by atoms with van der Waals surface area (Å²) in [5.74, 6) is 0.605. The van der Waals surface area contributed by atoms with Crippen molar-refractivity contribution in [1.29, 1.82) is 0 Å². The summed E-state index contributed by atoms with van der Waals surface area (Å²) in [6.45, 7) is 3.95. The Hall–Kier alpha value is -0.780. The van der Waals surface area contributed by atoms with E-state index in [-0.39, 0.29) is 5.78 Å². The molecule has 76 valence electrons. The van der Waals surface area contributed by atoms with E-state index in [9.17, 15) is 4.79 Å². The van der Waals surface area contributed by atoms with Crippen molar-refractivity contribution in [1.82, 2.24) is 0 Å². The maximum absolute atomic E-state index is 11.2. The lowest BCUT2D eigenvalue weighted by Crippen LogP contribution is -2.02. The van der Waals surface area contributed by atoms with E-state index in [1.807, 2.05) is 6.92 Å². The van der Waals surface area contributed by atoms with Gasteiger partial charge in [-0.25, -0.2) is 0 Å². The molecule has 0 radical (unpaired) electrons. The normalized spacial score (nSPS) is 9.93. The van der Waals surface area contributed by atoms with Gasteiger partial charge in [-0.05, 0) is 48.6 Å². The molecule has 2 N–H and O–H groups in total. The van der Waals surface area contributed by atoms with Gasteiger partial charge in [-0.15, -0.1) is 0 Å². The summed E-state index contributed by atoms with van der Waals surface area (Å²) in [5, 5.41) is 0. The van der Waals surface area contributed by atoms with Gasteiger partial charge in [0.05, 0.1) is 12.3 Å². The van der Waals surface area contributed by atoms with E-state index in [0.29, 0.717) is 23.6 Å². The van der Waals surface area contributed by atoms with Gasteiger partial charge in [-0.3, -0.25) is 4.79 Å². The third kappa shape index (κ3) is 2.37. The zero-order valence-electron chi connectivity index (χ0n) is 8.13. The molecule has 0 heterocycles. The number of nitrogen functional groups attached to an aromatic ring is 1. The van der Waals surface area contributed by atoms with E-state index in [1.165, 1.54) is 6.92 Å². The molecule has 0 fully saturated rings. The Morgan fingerprint density at radius 1 is 1.57 bits per heavy atom. The van der Waals surface area contributed by atoms with Crippen LogP contribution >= 0.6 is 22.6 Å². The molecular formula is C10H12INO2. The maximum Gasteiger partial charge on any atom is 0.159 e. The molecule has 0 amide bonds. The highest BCUT2D eigenvalue weighted by molar-refractivity contribution is 14.1. The van der Waals surface area contributed by atoms with Crippen molar-refractivity contribution in [3.05, 3.63) is 21.3 Å². The van der Waals surface area contributed by atoms with Gasteiger partial charge in [0.2, 0.25) is 0 Å². The number of rotatable bonds is 3. The Labute approximate surface area is 96.8 Å². The summed E-state index contributed by atoms with van der Waals surface area (Å²) < 4.78 is 6.17. The van der Waals surface area contributed by atoms with E-state index in [2.05, 4.69) is 22.6 Å². The van der Waals surface area contributed by atoms with E-state index < -0.39 is 0 Å². The van der Waals surface area contributed by atoms with Gasteiger partial charge in [0, 0.05) is 9.13 Å². The van der Waals surface area contributed by atoms with Gasteiger partial charge in [-0.2, -0.15) is 0 Å². The van der Waals surface area contributed by atoms with Crippen molar-refractivity contribution in [3.63, 3.8) is 0 Å². The predicted molar refractivity (Wildman–Crippen MR) is 64.7 cm³/mol. The topological polar surface area (TPSA) is 52.3 Å². The Morgan fingerprint density at radius 3 is 2.71 bits per heavy atom. The lowest BCUT2D eigenvalue weighted by atomic mass is 10.1. The fourth-order valence-electron chi connectivity index (χ4n) is 1.07. The highest BCUT2D eigenvalue weighted by Crippen LogP contribution is 2.28. The van der Waals surface area contributed by atoms with Gasteiger partial charge in [0.25, 0.3) is 0 Å². The molecule has 0 aliphatic rings. The minimum Gasteiger partial charge on any atom is -0.492 e. The first-order valence-corrected chi connectivity index (χ1v) is 5.37. The van der Waals surface area contributed by atoms with Crippen LogP contribution < -0.4 is 10.5 Å². The molecule has 0 saturated carbocycles. The summed E-state index contributed by atoms with van der Waals surface area (Å²) in [4.78, 5) is 11.2. The summed E-state index contributed by atoms with van der Waals surface area (Å²) in [6, 6.07) is 3.45. The molecular weight excluding hydrogens is 293 g/mol. The van der Waals surface area contributed by atoms with Crippen molar-refractivity contribution in [2.45, 2.75) is 13.8 Å². The molecule has 4 heteroatoms. The molecule has 0 aromatic heterocycles. The first kappa shape index (κ1) is 11.3. The average molecular weight is 305 g/mol. The number of ether oxygens (including phenoxy) is 1. The molecule has 1 rings (SSSR count). The number of nitrogens with two attached hydrogens (primary N) is 1. The fraction of sp³-hybridized carbons (Fsp3) is 0.300. The van der Waals surface area contributed by atoms with Gasteiger partial charge in [0.1, 0.15) is 5.75 Å². The highest BCUT2D eigenvalue weighted by Gasteiger charge is 2.09. The first-order valence-electron chi connectivity index (χ1n) is 4.29. The van der Waals surface area contributed by atoms with Gasteiger partial charge in [0.15, 0.2) is 5.78 Å². The number of hydrogen-bond acceptors (Lipinski definition) is 3. The van der Waals surface area contributed by atoms with Crippen LogP contribution in [-0.2, 0) is 0 Å². The fourth-order valence-corrected chi connectivity index (χ4v) is 1.67. The monoisotopic (exact) mass is 305 g/mol. The zero-order chi connectivity index (χ0) is 10.7. The molecule has 0 saturated heterocycles. The minimum absolute atomic E-state index is 0.0175. The maximum atomic E-state index is 11.2. The average Bonchev–Trinajstić information content (AvgIpc) is 2.12. The third-order valence-corrected chi connectivity index (χ3v) is 2.69. The van der Waals surface area contributed by atoms with Crippen molar-refractivity contribution in [2.75, 3.05) is 12.3 Å². The molecule has 0 aliphatic heterocycles. The van der Waals surface area contributed by atoms with E-state index in [1.54, 1.807) is 12.1 Å². The van der Waals surface area contributed by atoms with E-state index in [0.717, 1.165) is 3.57 Å². The van der Waals surface area contributed by atoms with E-state index in [4.69, 9.17) is 10.5 Å². The summed E-state index contributed by atoms with van der Waals surface area (Å²) in [6.07, 6.45) is 0. The molecule has 0 unspecified atom stereocenters. The summed E-state index contributed by atoms with van der Waals surface area (Å²) in [5.41, 5.74) is 7.02. The molecule has 1 aromatic carbocycles. The van der Waals surface area contributed by atoms with Crippen LogP contribution in [0.3, 0.4) is 0 Å². The third-order valence-electron chi connectivity index (χ3n) is 1.80. The van der Waals surface area contributed by atoms with Crippen LogP contribution in [0.1, 0.15) is 24.2 Å². The Morgan fingerprint density at radius 2 is 2.21 bits per heavy atom. The van der Waals surface area contributed by atoms with Crippen molar-refractivity contribution in [3.8, 4) is 5.75 Å². The lowest BCUT2D eigenvalue weighted by molar-refractivity contribution is 0.101. The van der Waals surface area contributed by atoms with Crippen LogP contribution in [0.2, 0.25) is 0 Å². The molecule has 0 aliphatic carbocycles. The summed E-state index contributed by atoms with van der Waals surface area (Å²) in [7, 11) is 0. The van der Waals surface area contributed by atoms with Gasteiger partial charge < -0.3 is 10.5 Å². The van der Waals surface area contributed by atoms with Crippen LogP contribution in [0.4, 0.5) is 5.69 Å². The minimum atomic E-state index is 0.0175. The second-order valence-electron chi connectivity index (χ2n) is 2.86. The smallest absolute Gasteiger partial charge is 0.159 e. The Kier molecular flexibility index (Phi) is 3.74. The molecule has 0 spiro atoms. The number of benzene rings is 1. The number of carbonyl (C=O) groups excluding carboxylic acids is 1. The quantitative estimate of drug-likeness (QED) is 0.530. The Balaban J connectivity index is 3.20. The number of hydrogen-bond donors (Lipinski definition) is 1. The second-order valence-corrected chi connectivity index (χ2v) is 4.02. The summed E-state index contributed by atoms with van der Waals surface area (Å²) >= 11 is 2.09. The number of halogens is 1. The molecule has 3 nitrogen and oxygen atoms in total. The highest BCUT2D eigenvalue weighted by atomic mass is 127. The standard InChI is InChI=1S/C10H12INO2/c1-3-14-9-5-7(6(2)13)4-8(11)10(9)12/h4-5H,3,12H2,1-2H3. The zero-order valence-corrected chi connectivity index (χ0v) is 10.3. The van der Waals surface area contributed by atoms with Gasteiger partial charge in [-0.1, -0.05) is 0 Å². The Bertz CT molecular complexity index is 363. The van der Waals surface area contributed by atoms with E-state index >= 15 is 0 Å². The number of ketones is 1. The van der Waals surface area contributed by atoms with Crippen molar-refractivity contribution in [2.24, 2.45) is 0 Å². The van der Waals surface area contributed by atoms with Crippen LogP contribution in [-0.4, -0.2) is 12.4 Å². The van der Waals surface area contributed by atoms with Crippen LogP contribution in [0.15, 0.2) is 12.1 Å². The number of anilines is 1. The SMILES string of the molecule is CCOc1cc(C(C)=O)cc(I)c1N. The number of carbonyl (C=O) groups is 1. The van der Waals surface area contributed by atoms with Crippen LogP contribution in [0, 0.1) is 3.57 Å². The molecule has 0 bridgehead atoms. The molecule has 0 atom stereocenters. The molecule has 14 heavy (non-hydrogen) atoms. The van der Waals surface area contributed by atoms with Gasteiger partial charge >= 0.3 is 0 Å². The largest absolute Gasteiger partial charge is 0.492 e. The van der Waals surface area contributed by atoms with Crippen molar-refractivity contribution >= 4 is 34.1 Å². The number of Topliss-reactive ketones (excluding diaryl/α,β-unsaturated/α-hetero) is 1.